The fourth-order valence-electron chi connectivity index (χ4n) is 1.17. The molecule has 0 atom stereocenters. The van der Waals surface area contributed by atoms with E-state index in [2.05, 4.69) is 9.47 Å². The molecule has 0 radical (unpaired) electrons. The SMILES string of the molecule is COCCOC(=O)c1ccc(F)c(C(F)(F)F)c1. The van der Waals surface area contributed by atoms with Crippen LogP contribution in [0.4, 0.5) is 17.6 Å². The molecule has 3 nitrogen and oxygen atoms in total. The molecule has 7 heteroatoms. The van der Waals surface area contributed by atoms with Crippen LogP contribution in [0.25, 0.3) is 0 Å². The van der Waals surface area contributed by atoms with Crippen LogP contribution < -0.4 is 0 Å². The van der Waals surface area contributed by atoms with Gasteiger partial charge in [-0.25, -0.2) is 9.18 Å². The summed E-state index contributed by atoms with van der Waals surface area (Å²) in [6.45, 7) is 0.0348. The van der Waals surface area contributed by atoms with E-state index in [1.807, 2.05) is 0 Å². The van der Waals surface area contributed by atoms with Crippen molar-refractivity contribution in [3.05, 3.63) is 35.1 Å². The molecule has 0 aliphatic heterocycles. The molecule has 0 fully saturated rings. The molecule has 0 aliphatic rings. The highest BCUT2D eigenvalue weighted by Crippen LogP contribution is 2.31. The van der Waals surface area contributed by atoms with Gasteiger partial charge in [0.2, 0.25) is 0 Å². The molecule has 100 valence electrons. The van der Waals surface area contributed by atoms with Crippen LogP contribution in [0.2, 0.25) is 0 Å². The molecule has 0 heterocycles. The summed E-state index contributed by atoms with van der Waals surface area (Å²) in [6.07, 6.45) is -4.85. The van der Waals surface area contributed by atoms with Gasteiger partial charge in [-0.3, -0.25) is 0 Å². The summed E-state index contributed by atoms with van der Waals surface area (Å²) in [7, 11) is 1.38. The van der Waals surface area contributed by atoms with Gasteiger partial charge in [-0.05, 0) is 18.2 Å². The first-order valence-corrected chi connectivity index (χ1v) is 4.89. The van der Waals surface area contributed by atoms with E-state index in [0.29, 0.717) is 12.1 Å². The molecule has 0 N–H and O–H groups in total. The van der Waals surface area contributed by atoms with E-state index in [0.717, 1.165) is 6.07 Å². The van der Waals surface area contributed by atoms with Crippen molar-refractivity contribution in [2.75, 3.05) is 20.3 Å². The molecule has 1 aromatic rings. The average Bonchev–Trinajstić information content (AvgIpc) is 2.28. The van der Waals surface area contributed by atoms with Gasteiger partial charge in [0.15, 0.2) is 0 Å². The Morgan fingerprint density at radius 1 is 1.28 bits per heavy atom. The lowest BCUT2D eigenvalue weighted by Gasteiger charge is -2.09. The van der Waals surface area contributed by atoms with Crippen molar-refractivity contribution in [1.29, 1.82) is 0 Å². The molecule has 0 amide bonds. The summed E-state index contributed by atoms with van der Waals surface area (Å²) in [6, 6.07) is 1.93. The van der Waals surface area contributed by atoms with Crippen LogP contribution in [-0.2, 0) is 15.7 Å². The number of ether oxygens (including phenoxy) is 2. The molecule has 0 unspecified atom stereocenters. The minimum atomic E-state index is -4.85. The number of hydrogen-bond donors (Lipinski definition) is 0. The second-order valence-electron chi connectivity index (χ2n) is 3.32. The lowest BCUT2D eigenvalue weighted by molar-refractivity contribution is -0.140. The van der Waals surface area contributed by atoms with E-state index in [1.54, 1.807) is 0 Å². The second-order valence-corrected chi connectivity index (χ2v) is 3.32. The number of esters is 1. The number of rotatable bonds is 4. The highest BCUT2D eigenvalue weighted by Gasteiger charge is 2.34. The van der Waals surface area contributed by atoms with Gasteiger partial charge < -0.3 is 9.47 Å². The van der Waals surface area contributed by atoms with Crippen LogP contribution >= 0.6 is 0 Å². The quantitative estimate of drug-likeness (QED) is 0.477. The zero-order chi connectivity index (χ0) is 13.8. The minimum absolute atomic E-state index is 0.0892. The number of alkyl halides is 3. The van der Waals surface area contributed by atoms with Gasteiger partial charge in [0.05, 0.1) is 17.7 Å². The number of methoxy groups -OCH3 is 1. The first-order valence-electron chi connectivity index (χ1n) is 4.89. The predicted octanol–water partition coefficient (Wildman–Crippen LogP) is 2.65. The topological polar surface area (TPSA) is 35.5 Å². The summed E-state index contributed by atoms with van der Waals surface area (Å²) in [5.41, 5.74) is -1.86. The Bertz CT molecular complexity index is 429. The summed E-state index contributed by atoms with van der Waals surface area (Å²) < 4.78 is 59.3. The van der Waals surface area contributed by atoms with Gasteiger partial charge in [-0.2, -0.15) is 13.2 Å². The second kappa shape index (κ2) is 5.81. The minimum Gasteiger partial charge on any atom is -0.460 e. The Balaban J connectivity index is 2.88. The van der Waals surface area contributed by atoms with Crippen molar-refractivity contribution >= 4 is 5.97 Å². The zero-order valence-corrected chi connectivity index (χ0v) is 9.38. The molecule has 0 bridgehead atoms. The van der Waals surface area contributed by atoms with Gasteiger partial charge in [0.1, 0.15) is 12.4 Å². The lowest BCUT2D eigenvalue weighted by atomic mass is 10.1. The first-order chi connectivity index (χ1) is 8.36. The number of benzene rings is 1. The van der Waals surface area contributed by atoms with Crippen LogP contribution in [-0.4, -0.2) is 26.3 Å². The summed E-state index contributed by atoms with van der Waals surface area (Å²) in [5, 5.41) is 0. The van der Waals surface area contributed by atoms with E-state index < -0.39 is 23.5 Å². The maximum Gasteiger partial charge on any atom is 0.419 e. The van der Waals surface area contributed by atoms with Crippen LogP contribution in [0, 0.1) is 5.82 Å². The molecular weight excluding hydrogens is 256 g/mol. The Kier molecular flexibility index (Phi) is 4.66. The van der Waals surface area contributed by atoms with Crippen molar-refractivity contribution in [2.24, 2.45) is 0 Å². The average molecular weight is 266 g/mol. The molecule has 0 aromatic heterocycles. The van der Waals surface area contributed by atoms with E-state index in [9.17, 15) is 22.4 Å². The third-order valence-electron chi connectivity index (χ3n) is 2.03. The molecule has 0 saturated carbocycles. The van der Waals surface area contributed by atoms with Crippen molar-refractivity contribution < 1.29 is 31.8 Å². The Morgan fingerprint density at radius 3 is 2.50 bits per heavy atom. The van der Waals surface area contributed by atoms with Crippen LogP contribution in [0.15, 0.2) is 18.2 Å². The first kappa shape index (κ1) is 14.4. The number of halogens is 4. The molecule has 0 saturated heterocycles. The van der Waals surface area contributed by atoms with Crippen molar-refractivity contribution in [3.8, 4) is 0 Å². The molecule has 1 rings (SSSR count). The van der Waals surface area contributed by atoms with Gasteiger partial charge in [0.25, 0.3) is 0 Å². The normalized spacial score (nSPS) is 11.4. The number of carbonyl (C=O) groups excluding carboxylic acids is 1. The number of hydrogen-bond acceptors (Lipinski definition) is 3. The highest BCUT2D eigenvalue weighted by molar-refractivity contribution is 5.89. The fourth-order valence-corrected chi connectivity index (χ4v) is 1.17. The predicted molar refractivity (Wildman–Crippen MR) is 53.6 cm³/mol. The zero-order valence-electron chi connectivity index (χ0n) is 9.38. The van der Waals surface area contributed by atoms with Crippen molar-refractivity contribution in [1.82, 2.24) is 0 Å². The van der Waals surface area contributed by atoms with Crippen LogP contribution in [0.3, 0.4) is 0 Å². The van der Waals surface area contributed by atoms with Gasteiger partial charge in [0, 0.05) is 7.11 Å². The standard InChI is InChI=1S/C11H10F4O3/c1-17-4-5-18-10(16)7-2-3-9(12)8(6-7)11(13,14)15/h2-3,6H,4-5H2,1H3. The lowest BCUT2D eigenvalue weighted by Crippen LogP contribution is -2.13. The molecule has 1 aromatic carbocycles. The summed E-state index contributed by atoms with van der Waals surface area (Å²) in [5.74, 6) is -2.39. The Morgan fingerprint density at radius 2 is 1.94 bits per heavy atom. The largest absolute Gasteiger partial charge is 0.460 e. The van der Waals surface area contributed by atoms with Gasteiger partial charge >= 0.3 is 12.1 Å². The maximum atomic E-state index is 12.9. The molecule has 18 heavy (non-hydrogen) atoms. The van der Waals surface area contributed by atoms with Crippen LogP contribution in [0.1, 0.15) is 15.9 Å². The monoisotopic (exact) mass is 266 g/mol. The maximum absolute atomic E-state index is 12.9. The fraction of sp³-hybridized carbons (Fsp3) is 0.364. The highest BCUT2D eigenvalue weighted by atomic mass is 19.4. The molecular formula is C11H10F4O3. The van der Waals surface area contributed by atoms with Gasteiger partial charge in [-0.15, -0.1) is 0 Å². The summed E-state index contributed by atoms with van der Waals surface area (Å²) in [4.78, 5) is 11.3. The Hall–Kier alpha value is -1.63. The van der Waals surface area contributed by atoms with E-state index in [4.69, 9.17) is 0 Å². The number of carbonyl (C=O) groups is 1. The molecule has 0 spiro atoms. The van der Waals surface area contributed by atoms with E-state index >= 15 is 0 Å². The van der Waals surface area contributed by atoms with E-state index in [1.165, 1.54) is 7.11 Å². The smallest absolute Gasteiger partial charge is 0.419 e. The van der Waals surface area contributed by atoms with Gasteiger partial charge in [-0.1, -0.05) is 0 Å². The van der Waals surface area contributed by atoms with Crippen molar-refractivity contribution in [3.63, 3.8) is 0 Å². The van der Waals surface area contributed by atoms with E-state index in [-0.39, 0.29) is 18.8 Å². The Labute approximate surface area is 100 Å². The van der Waals surface area contributed by atoms with Crippen molar-refractivity contribution in [2.45, 2.75) is 6.18 Å². The molecule has 0 aliphatic carbocycles. The third kappa shape index (κ3) is 3.69. The van der Waals surface area contributed by atoms with Crippen LogP contribution in [0.5, 0.6) is 0 Å². The third-order valence-corrected chi connectivity index (χ3v) is 2.03. The summed E-state index contributed by atoms with van der Waals surface area (Å²) >= 11 is 0.